The molecule has 3 N–H and O–H groups in total. The highest BCUT2D eigenvalue weighted by molar-refractivity contribution is 5.71. The van der Waals surface area contributed by atoms with Gasteiger partial charge < -0.3 is 10.8 Å². The molecule has 0 aromatic heterocycles. The van der Waals surface area contributed by atoms with Crippen LogP contribution in [0.25, 0.3) is 0 Å². The molecule has 1 aliphatic heterocycles. The monoisotopic (exact) mass is 297 g/mol. The topological polar surface area (TPSA) is 63.3 Å². The molecule has 4 unspecified atom stereocenters. The Morgan fingerprint density at radius 3 is 2.43 bits per heavy atom. The number of hydrogen-bond acceptors (Lipinski definition) is 3. The summed E-state index contributed by atoms with van der Waals surface area (Å²) in [5.74, 6) is 0.544. The van der Waals surface area contributed by atoms with E-state index < -0.39 is 0 Å². The number of amides is 1. The first-order valence-electron chi connectivity index (χ1n) is 8.75. The lowest BCUT2D eigenvalue weighted by molar-refractivity contribution is -0.890. The lowest BCUT2D eigenvalue weighted by Crippen LogP contribution is -2.69. The Kier molecular flexibility index (Phi) is 5.44. The standard InChI is InChI=1S/C17H33N2O2/c1-4-16(20)13-9-14(18)11-19(10-13,17(21)12(2)3)15-7-5-6-8-15/h12-16,20H,4-11,18H2,1-3H3/q+1. The summed E-state index contributed by atoms with van der Waals surface area (Å²) in [7, 11) is 0. The second-order valence-corrected chi connectivity index (χ2v) is 7.56. The van der Waals surface area contributed by atoms with Gasteiger partial charge in [-0.25, -0.2) is 4.79 Å². The molecule has 1 heterocycles. The van der Waals surface area contributed by atoms with E-state index in [-0.39, 0.29) is 24.0 Å². The third-order valence-corrected chi connectivity index (χ3v) is 5.65. The Hall–Kier alpha value is -0.450. The van der Waals surface area contributed by atoms with Crippen molar-refractivity contribution in [1.29, 1.82) is 0 Å². The molecule has 21 heavy (non-hydrogen) atoms. The molecular weight excluding hydrogens is 264 g/mol. The number of aliphatic hydroxyl groups excluding tert-OH is 1. The normalized spacial score (nSPS) is 36.1. The minimum atomic E-state index is -0.324. The maximum Gasteiger partial charge on any atom is 0.316 e. The van der Waals surface area contributed by atoms with Crippen LogP contribution in [0.1, 0.15) is 59.3 Å². The van der Waals surface area contributed by atoms with Gasteiger partial charge in [0.1, 0.15) is 6.54 Å². The van der Waals surface area contributed by atoms with Crippen LogP contribution in [-0.2, 0) is 4.79 Å². The van der Waals surface area contributed by atoms with Crippen molar-refractivity contribution < 1.29 is 14.4 Å². The summed E-state index contributed by atoms with van der Waals surface area (Å²) in [5.41, 5.74) is 6.32. The fourth-order valence-corrected chi connectivity index (χ4v) is 4.63. The average Bonchev–Trinajstić information content (AvgIpc) is 2.99. The van der Waals surface area contributed by atoms with Crippen LogP contribution in [0, 0.1) is 11.8 Å². The van der Waals surface area contributed by atoms with Crippen LogP contribution >= 0.6 is 0 Å². The summed E-state index contributed by atoms with van der Waals surface area (Å²) >= 11 is 0. The average molecular weight is 297 g/mol. The van der Waals surface area contributed by atoms with Gasteiger partial charge in [0.05, 0.1) is 30.7 Å². The second-order valence-electron chi connectivity index (χ2n) is 7.56. The summed E-state index contributed by atoms with van der Waals surface area (Å²) in [6, 6.07) is 0.464. The lowest BCUT2D eigenvalue weighted by atomic mass is 9.84. The Morgan fingerprint density at radius 2 is 1.90 bits per heavy atom. The van der Waals surface area contributed by atoms with Crippen LogP contribution in [0.4, 0.5) is 0 Å². The van der Waals surface area contributed by atoms with Crippen molar-refractivity contribution in [3.8, 4) is 0 Å². The summed E-state index contributed by atoms with van der Waals surface area (Å²) in [5, 5.41) is 10.3. The molecule has 0 bridgehead atoms. The molecule has 2 fully saturated rings. The van der Waals surface area contributed by atoms with Crippen molar-refractivity contribution in [1.82, 2.24) is 0 Å². The Balaban J connectivity index is 2.31. The van der Waals surface area contributed by atoms with E-state index >= 15 is 0 Å². The zero-order valence-corrected chi connectivity index (χ0v) is 13.9. The predicted octanol–water partition coefficient (Wildman–Crippen LogP) is 2.05. The summed E-state index contributed by atoms with van der Waals surface area (Å²) in [6.07, 6.45) is 6.01. The van der Waals surface area contributed by atoms with Crippen LogP contribution in [0.5, 0.6) is 0 Å². The minimum absolute atomic E-state index is 0.0354. The van der Waals surface area contributed by atoms with Crippen molar-refractivity contribution in [3.05, 3.63) is 0 Å². The van der Waals surface area contributed by atoms with E-state index in [0.717, 1.165) is 38.8 Å². The third-order valence-electron chi connectivity index (χ3n) is 5.65. The first kappa shape index (κ1) is 16.9. The van der Waals surface area contributed by atoms with Gasteiger partial charge in [0.15, 0.2) is 0 Å². The van der Waals surface area contributed by atoms with Gasteiger partial charge in [0.2, 0.25) is 0 Å². The summed E-state index contributed by atoms with van der Waals surface area (Å²) in [4.78, 5) is 13.0. The van der Waals surface area contributed by atoms with E-state index in [2.05, 4.69) is 0 Å². The van der Waals surface area contributed by atoms with Gasteiger partial charge in [-0.2, -0.15) is 0 Å². The van der Waals surface area contributed by atoms with Crippen molar-refractivity contribution in [2.75, 3.05) is 13.1 Å². The number of carbonyl (C=O) groups excluding carboxylic acids is 1. The van der Waals surface area contributed by atoms with E-state index in [9.17, 15) is 9.90 Å². The molecular formula is C17H33N2O2+. The highest BCUT2D eigenvalue weighted by atomic mass is 16.3. The Bertz CT molecular complexity index is 366. The number of hydrogen-bond donors (Lipinski definition) is 2. The largest absolute Gasteiger partial charge is 0.393 e. The smallest absolute Gasteiger partial charge is 0.316 e. The van der Waals surface area contributed by atoms with Crippen LogP contribution in [0.3, 0.4) is 0 Å². The van der Waals surface area contributed by atoms with Crippen LogP contribution in [0.2, 0.25) is 0 Å². The van der Waals surface area contributed by atoms with Gasteiger partial charge in [0, 0.05) is 5.92 Å². The lowest BCUT2D eigenvalue weighted by Gasteiger charge is -2.49. The maximum absolute atomic E-state index is 13.0. The molecule has 0 aromatic carbocycles. The maximum atomic E-state index is 13.0. The molecule has 1 saturated carbocycles. The van der Waals surface area contributed by atoms with E-state index in [1.807, 2.05) is 20.8 Å². The van der Waals surface area contributed by atoms with Gasteiger partial charge in [-0.15, -0.1) is 0 Å². The summed E-state index contributed by atoms with van der Waals surface area (Å²) < 4.78 is 0.542. The zero-order valence-electron chi connectivity index (χ0n) is 13.9. The first-order valence-corrected chi connectivity index (χ1v) is 8.75. The molecule has 122 valence electrons. The van der Waals surface area contributed by atoms with Crippen LogP contribution in [0.15, 0.2) is 0 Å². The Labute approximate surface area is 129 Å². The molecule has 1 amide bonds. The fourth-order valence-electron chi connectivity index (χ4n) is 4.63. The van der Waals surface area contributed by atoms with Gasteiger partial charge in [-0.05, 0) is 52.4 Å². The Morgan fingerprint density at radius 1 is 1.29 bits per heavy atom. The second kappa shape index (κ2) is 6.76. The molecule has 2 aliphatic rings. The van der Waals surface area contributed by atoms with E-state index in [4.69, 9.17) is 5.73 Å². The molecule has 2 rings (SSSR count). The highest BCUT2D eigenvalue weighted by Gasteiger charge is 2.51. The quantitative estimate of drug-likeness (QED) is 0.781. The molecule has 4 atom stereocenters. The molecule has 0 spiro atoms. The third kappa shape index (κ3) is 3.33. The minimum Gasteiger partial charge on any atom is -0.393 e. The number of quaternary nitrogens is 1. The van der Waals surface area contributed by atoms with E-state index in [0.29, 0.717) is 16.4 Å². The van der Waals surface area contributed by atoms with Gasteiger partial charge in [-0.3, -0.25) is 4.48 Å². The molecule has 0 radical (unpaired) electrons. The highest BCUT2D eigenvalue weighted by Crippen LogP contribution is 2.37. The number of likely N-dealkylation sites (tertiary alicyclic amines) is 1. The van der Waals surface area contributed by atoms with Crippen molar-refractivity contribution in [2.45, 2.75) is 77.5 Å². The number of nitrogens with zero attached hydrogens (tertiary/aromatic N) is 1. The van der Waals surface area contributed by atoms with Crippen LogP contribution < -0.4 is 5.73 Å². The molecule has 4 nitrogen and oxygen atoms in total. The van der Waals surface area contributed by atoms with Crippen molar-refractivity contribution in [3.63, 3.8) is 0 Å². The number of rotatable bonds is 4. The van der Waals surface area contributed by atoms with Crippen LogP contribution in [-0.4, -0.2) is 46.8 Å². The fraction of sp³-hybridized carbons (Fsp3) is 0.941. The van der Waals surface area contributed by atoms with E-state index in [1.165, 1.54) is 12.8 Å². The number of piperidine rings is 1. The molecule has 4 heteroatoms. The van der Waals surface area contributed by atoms with Crippen molar-refractivity contribution >= 4 is 5.91 Å². The van der Waals surface area contributed by atoms with Gasteiger partial charge >= 0.3 is 5.91 Å². The van der Waals surface area contributed by atoms with Gasteiger partial charge in [-0.1, -0.05) is 6.92 Å². The number of aliphatic hydroxyl groups is 1. The number of nitrogens with two attached hydrogens (primary N) is 1. The van der Waals surface area contributed by atoms with Gasteiger partial charge in [0.25, 0.3) is 0 Å². The SMILES string of the molecule is CCC(O)C1CC(N)C[N+](C(=O)C(C)C)(C2CCCC2)C1. The molecule has 0 aromatic rings. The van der Waals surface area contributed by atoms with Crippen molar-refractivity contribution in [2.24, 2.45) is 17.6 Å². The summed E-state index contributed by atoms with van der Waals surface area (Å²) in [6.45, 7) is 7.59. The number of carbonyl (C=O) groups is 1. The molecule has 1 aliphatic carbocycles. The van der Waals surface area contributed by atoms with E-state index in [1.54, 1.807) is 0 Å². The predicted molar refractivity (Wildman–Crippen MR) is 84.5 cm³/mol. The first-order chi connectivity index (χ1) is 9.90. The zero-order chi connectivity index (χ0) is 15.6. The molecule has 1 saturated heterocycles.